The molecule has 0 fully saturated rings. The number of hydrogen-bond donors (Lipinski definition) is 2. The van der Waals surface area contributed by atoms with Crippen LogP contribution in [0.25, 0.3) is 0 Å². The smallest absolute Gasteiger partial charge is 0.227 e. The molecule has 0 bridgehead atoms. The molecule has 0 aliphatic carbocycles. The molecular formula is C18H20ClNO3. The summed E-state index contributed by atoms with van der Waals surface area (Å²) in [5.41, 5.74) is 1.26. The molecule has 0 aliphatic rings. The van der Waals surface area contributed by atoms with Gasteiger partial charge in [0.25, 0.3) is 0 Å². The van der Waals surface area contributed by atoms with Crippen LogP contribution in [0.1, 0.15) is 31.4 Å². The van der Waals surface area contributed by atoms with E-state index in [1.165, 1.54) is 0 Å². The predicted molar refractivity (Wildman–Crippen MR) is 91.9 cm³/mol. The number of nitrogens with one attached hydrogen (secondary N) is 1. The Balaban J connectivity index is 1.98. The van der Waals surface area contributed by atoms with Crippen molar-refractivity contribution in [2.75, 3.05) is 11.9 Å². The van der Waals surface area contributed by atoms with Crippen molar-refractivity contribution in [3.05, 3.63) is 59.1 Å². The lowest BCUT2D eigenvalue weighted by Gasteiger charge is -2.14. The van der Waals surface area contributed by atoms with E-state index in [0.717, 1.165) is 6.42 Å². The lowest BCUT2D eigenvalue weighted by molar-refractivity contribution is -0.118. The van der Waals surface area contributed by atoms with Crippen LogP contribution in [0.4, 0.5) is 5.69 Å². The van der Waals surface area contributed by atoms with Crippen molar-refractivity contribution in [1.29, 1.82) is 0 Å². The topological polar surface area (TPSA) is 58.6 Å². The third kappa shape index (κ3) is 5.27. The second kappa shape index (κ2) is 8.56. The summed E-state index contributed by atoms with van der Waals surface area (Å²) in [6, 6.07) is 14.0. The lowest BCUT2D eigenvalue weighted by atomic mass is 10.1. The second-order valence-electron chi connectivity index (χ2n) is 5.16. The van der Waals surface area contributed by atoms with Gasteiger partial charge in [-0.2, -0.15) is 0 Å². The van der Waals surface area contributed by atoms with E-state index in [4.69, 9.17) is 16.3 Å². The number of anilines is 1. The van der Waals surface area contributed by atoms with Gasteiger partial charge in [0.2, 0.25) is 5.91 Å². The Kier molecular flexibility index (Phi) is 6.44. The molecule has 2 aromatic carbocycles. The summed E-state index contributed by atoms with van der Waals surface area (Å²) in [6.07, 6.45) is -0.0302. The summed E-state index contributed by atoms with van der Waals surface area (Å²) in [5, 5.41) is 13.5. The fraction of sp³-hybridized carbons (Fsp3) is 0.278. The maximum Gasteiger partial charge on any atom is 0.227 e. The third-order valence-electron chi connectivity index (χ3n) is 3.26. The van der Waals surface area contributed by atoms with Gasteiger partial charge in [0, 0.05) is 5.02 Å². The first-order chi connectivity index (χ1) is 11.1. The first-order valence-electron chi connectivity index (χ1n) is 7.55. The number of aliphatic hydroxyl groups excluding tert-OH is 1. The van der Waals surface area contributed by atoms with E-state index in [0.29, 0.717) is 28.6 Å². The quantitative estimate of drug-likeness (QED) is 0.798. The molecule has 2 aromatic rings. The number of halogens is 1. The zero-order valence-electron chi connectivity index (χ0n) is 13.0. The zero-order chi connectivity index (χ0) is 16.7. The molecule has 0 saturated heterocycles. The van der Waals surface area contributed by atoms with Crippen LogP contribution >= 0.6 is 11.6 Å². The summed E-state index contributed by atoms with van der Waals surface area (Å²) >= 11 is 5.81. The van der Waals surface area contributed by atoms with E-state index < -0.39 is 6.10 Å². The molecule has 122 valence electrons. The van der Waals surface area contributed by atoms with Crippen LogP contribution in [0.3, 0.4) is 0 Å². The average Bonchev–Trinajstić information content (AvgIpc) is 2.54. The van der Waals surface area contributed by atoms with Crippen LogP contribution in [-0.2, 0) is 4.79 Å². The van der Waals surface area contributed by atoms with Crippen LogP contribution in [0.15, 0.2) is 48.5 Å². The van der Waals surface area contributed by atoms with Crippen LogP contribution in [0, 0.1) is 0 Å². The molecule has 5 heteroatoms. The highest BCUT2D eigenvalue weighted by Crippen LogP contribution is 2.25. The SMILES string of the molecule is CCCOc1ccccc1NC(=O)CC(O)c1ccc(Cl)cc1. The largest absolute Gasteiger partial charge is 0.491 e. The van der Waals surface area contributed by atoms with E-state index in [1.807, 2.05) is 19.1 Å². The Morgan fingerprint density at radius 1 is 1.22 bits per heavy atom. The molecule has 1 amide bonds. The van der Waals surface area contributed by atoms with Crippen molar-refractivity contribution < 1.29 is 14.6 Å². The number of ether oxygens (including phenoxy) is 1. The van der Waals surface area contributed by atoms with Crippen molar-refractivity contribution in [2.45, 2.75) is 25.9 Å². The van der Waals surface area contributed by atoms with E-state index in [-0.39, 0.29) is 12.3 Å². The van der Waals surface area contributed by atoms with Gasteiger partial charge in [-0.05, 0) is 36.2 Å². The number of hydrogen-bond acceptors (Lipinski definition) is 3. The molecule has 0 aliphatic heterocycles. The molecule has 1 atom stereocenters. The first-order valence-corrected chi connectivity index (χ1v) is 7.93. The predicted octanol–water partition coefficient (Wildman–Crippen LogP) is 4.19. The monoisotopic (exact) mass is 333 g/mol. The molecule has 1 unspecified atom stereocenters. The van der Waals surface area contributed by atoms with Gasteiger partial charge in [0.05, 0.1) is 24.8 Å². The number of aliphatic hydroxyl groups is 1. The number of para-hydroxylation sites is 2. The van der Waals surface area contributed by atoms with Gasteiger partial charge in [-0.3, -0.25) is 4.79 Å². The highest BCUT2D eigenvalue weighted by atomic mass is 35.5. The second-order valence-corrected chi connectivity index (χ2v) is 5.60. The third-order valence-corrected chi connectivity index (χ3v) is 3.51. The Bertz CT molecular complexity index is 643. The molecule has 0 spiro atoms. The van der Waals surface area contributed by atoms with Crippen LogP contribution in [-0.4, -0.2) is 17.6 Å². The molecule has 0 radical (unpaired) electrons. The fourth-order valence-electron chi connectivity index (χ4n) is 2.09. The van der Waals surface area contributed by atoms with Crippen LogP contribution in [0.5, 0.6) is 5.75 Å². The Labute approximate surface area is 141 Å². The van der Waals surface area contributed by atoms with Crippen molar-refractivity contribution in [2.24, 2.45) is 0 Å². The number of amides is 1. The van der Waals surface area contributed by atoms with E-state index in [2.05, 4.69) is 5.32 Å². The standard InChI is InChI=1S/C18H20ClNO3/c1-2-11-23-17-6-4-3-5-15(17)20-18(22)12-16(21)13-7-9-14(19)10-8-13/h3-10,16,21H,2,11-12H2,1H3,(H,20,22). The van der Waals surface area contributed by atoms with Crippen molar-refractivity contribution in [1.82, 2.24) is 0 Å². The molecule has 0 saturated carbocycles. The van der Waals surface area contributed by atoms with Gasteiger partial charge >= 0.3 is 0 Å². The van der Waals surface area contributed by atoms with Gasteiger partial charge in [0.15, 0.2) is 0 Å². The molecule has 0 aromatic heterocycles. The Morgan fingerprint density at radius 3 is 2.61 bits per heavy atom. The van der Waals surface area contributed by atoms with Gasteiger partial charge < -0.3 is 15.2 Å². The maximum absolute atomic E-state index is 12.1. The normalized spacial score (nSPS) is 11.8. The minimum Gasteiger partial charge on any atom is -0.491 e. The highest BCUT2D eigenvalue weighted by Gasteiger charge is 2.14. The molecule has 2 rings (SSSR count). The highest BCUT2D eigenvalue weighted by molar-refractivity contribution is 6.30. The summed E-state index contributed by atoms with van der Waals surface area (Å²) in [5.74, 6) is 0.351. The number of benzene rings is 2. The number of rotatable bonds is 7. The van der Waals surface area contributed by atoms with Gasteiger partial charge in [-0.15, -0.1) is 0 Å². The molecule has 23 heavy (non-hydrogen) atoms. The summed E-state index contributed by atoms with van der Waals surface area (Å²) in [6.45, 7) is 2.60. The maximum atomic E-state index is 12.1. The number of carbonyl (C=O) groups excluding carboxylic acids is 1. The molecule has 0 heterocycles. The number of carbonyl (C=O) groups is 1. The van der Waals surface area contributed by atoms with E-state index in [1.54, 1.807) is 36.4 Å². The van der Waals surface area contributed by atoms with Crippen molar-refractivity contribution in [3.8, 4) is 5.75 Å². The van der Waals surface area contributed by atoms with Gasteiger partial charge in [-0.25, -0.2) is 0 Å². The van der Waals surface area contributed by atoms with Crippen molar-refractivity contribution in [3.63, 3.8) is 0 Å². The fourth-order valence-corrected chi connectivity index (χ4v) is 2.21. The summed E-state index contributed by atoms with van der Waals surface area (Å²) < 4.78 is 5.60. The van der Waals surface area contributed by atoms with Crippen LogP contribution < -0.4 is 10.1 Å². The minimum absolute atomic E-state index is 0.0380. The lowest BCUT2D eigenvalue weighted by Crippen LogP contribution is -2.16. The average molecular weight is 334 g/mol. The van der Waals surface area contributed by atoms with Gasteiger partial charge in [-0.1, -0.05) is 42.8 Å². The van der Waals surface area contributed by atoms with Gasteiger partial charge in [0.1, 0.15) is 5.75 Å². The van der Waals surface area contributed by atoms with Crippen LogP contribution in [0.2, 0.25) is 5.02 Å². The molecule has 2 N–H and O–H groups in total. The van der Waals surface area contributed by atoms with Crippen molar-refractivity contribution >= 4 is 23.2 Å². The first kappa shape index (κ1) is 17.3. The zero-order valence-corrected chi connectivity index (χ0v) is 13.7. The summed E-state index contributed by atoms with van der Waals surface area (Å²) in [4.78, 5) is 12.1. The molecule has 4 nitrogen and oxygen atoms in total. The minimum atomic E-state index is -0.879. The Hall–Kier alpha value is -2.04. The van der Waals surface area contributed by atoms with E-state index in [9.17, 15) is 9.90 Å². The van der Waals surface area contributed by atoms with E-state index >= 15 is 0 Å². The molecular weight excluding hydrogens is 314 g/mol. The summed E-state index contributed by atoms with van der Waals surface area (Å²) in [7, 11) is 0. The Morgan fingerprint density at radius 2 is 1.91 bits per heavy atom.